The molecule has 1 amide bonds. The lowest BCUT2D eigenvalue weighted by Gasteiger charge is -2.58. The summed E-state index contributed by atoms with van der Waals surface area (Å²) in [4.78, 5) is 28.7. The van der Waals surface area contributed by atoms with Gasteiger partial charge in [-0.1, -0.05) is 50.2 Å². The van der Waals surface area contributed by atoms with Gasteiger partial charge in [0.1, 0.15) is 39.3 Å². The van der Waals surface area contributed by atoms with Crippen molar-refractivity contribution in [3.05, 3.63) is 119 Å². The van der Waals surface area contributed by atoms with Crippen LogP contribution >= 0.6 is 0 Å². The van der Waals surface area contributed by atoms with E-state index in [9.17, 15) is 18.3 Å². The zero-order chi connectivity index (χ0) is 52.9. The van der Waals surface area contributed by atoms with Gasteiger partial charge >= 0.3 is 0 Å². The zero-order valence-electron chi connectivity index (χ0n) is 43.7. The highest BCUT2D eigenvalue weighted by Gasteiger charge is 2.50. The number of nitrogens with two attached hydrogens (primary N) is 1. The van der Waals surface area contributed by atoms with Crippen molar-refractivity contribution < 1.29 is 41.7 Å². The van der Waals surface area contributed by atoms with Gasteiger partial charge in [-0.25, -0.2) is 22.5 Å². The van der Waals surface area contributed by atoms with E-state index in [2.05, 4.69) is 80.1 Å². The first-order valence-corrected chi connectivity index (χ1v) is 28.2. The largest absolute Gasteiger partial charge is 0.497 e. The molecule has 1 atom stereocenters. The number of carbonyl (C=O) groups is 1. The third kappa shape index (κ3) is 10.5. The fourth-order valence-electron chi connectivity index (χ4n) is 12.4. The number of ether oxygens (including phenoxy) is 4. The average molecular weight is 1060 g/mol. The summed E-state index contributed by atoms with van der Waals surface area (Å²) in [6, 6.07) is 25.3. The number of hydrogen-bond acceptors (Lipinski definition) is 14. The van der Waals surface area contributed by atoms with Gasteiger partial charge < -0.3 is 45.0 Å². The van der Waals surface area contributed by atoms with Gasteiger partial charge in [-0.2, -0.15) is 0 Å². The fourth-order valence-corrected chi connectivity index (χ4v) is 13.6. The quantitative estimate of drug-likeness (QED) is 0.0610. The number of hydrogen-bond donors (Lipinski definition) is 5. The van der Waals surface area contributed by atoms with Crippen LogP contribution in [0.25, 0.3) is 11.0 Å². The van der Waals surface area contributed by atoms with E-state index >= 15 is 4.39 Å². The lowest BCUT2D eigenvalue weighted by Crippen LogP contribution is -2.60. The van der Waals surface area contributed by atoms with Crippen LogP contribution in [0.5, 0.6) is 28.7 Å². The Morgan fingerprint density at radius 3 is 2.46 bits per heavy atom. The second-order valence-corrected chi connectivity index (χ2v) is 24.0. The maximum absolute atomic E-state index is 16.7. The van der Waals surface area contributed by atoms with E-state index in [4.69, 9.17) is 24.7 Å². The Hall–Kier alpha value is -6.60. The molecule has 4 aromatic carbocycles. The molecule has 16 nitrogen and oxygen atoms in total. The highest BCUT2D eigenvalue weighted by atomic mass is 32.2. The molecule has 76 heavy (non-hydrogen) atoms. The molecule has 3 aliphatic heterocycles. The van der Waals surface area contributed by atoms with E-state index in [0.717, 1.165) is 81.9 Å². The van der Waals surface area contributed by atoms with Crippen LogP contribution in [-0.4, -0.2) is 104 Å². The predicted octanol–water partition coefficient (Wildman–Crippen LogP) is 9.72. The molecule has 0 radical (unpaired) electrons. The van der Waals surface area contributed by atoms with Crippen molar-refractivity contribution >= 4 is 44.0 Å². The molecule has 2 saturated carbocycles. The van der Waals surface area contributed by atoms with Gasteiger partial charge in [0.05, 0.1) is 35.8 Å². The van der Waals surface area contributed by atoms with Gasteiger partial charge in [-0.15, -0.1) is 0 Å². The van der Waals surface area contributed by atoms with Crippen molar-refractivity contribution in [2.45, 2.75) is 107 Å². The molecule has 11 rings (SSSR count). The molecule has 18 heteroatoms. The topological polar surface area (TPSA) is 197 Å². The number of piperidine rings is 1. The van der Waals surface area contributed by atoms with E-state index in [1.807, 2.05) is 30.0 Å². The van der Waals surface area contributed by atoms with Crippen LogP contribution in [0, 0.1) is 17.2 Å². The van der Waals surface area contributed by atoms with Gasteiger partial charge in [0.25, 0.3) is 15.9 Å². The van der Waals surface area contributed by atoms with E-state index < -0.39 is 32.2 Å². The number of pyridine rings is 1. The van der Waals surface area contributed by atoms with Crippen molar-refractivity contribution in [3.63, 3.8) is 0 Å². The Morgan fingerprint density at radius 1 is 0.961 bits per heavy atom. The summed E-state index contributed by atoms with van der Waals surface area (Å²) >= 11 is 0. The highest BCUT2D eigenvalue weighted by molar-refractivity contribution is 7.90. The van der Waals surface area contributed by atoms with Crippen LogP contribution in [0.4, 0.5) is 21.5 Å². The SMILES string of the molecule is COc1ccc(CN2CCN(C3CC4(CCN(c5cc(Oc6cnc7[nH]ccc7c6)c(C(=O)NS(=O)(=O)c6cc(N)c(NCC7CCC(C)(O)CC7)c7c6OCO7)cc5F)CC4)C3)[C@H](c3ccccc3C(C)C)C2)cc1. The van der Waals surface area contributed by atoms with Crippen molar-refractivity contribution in [2.24, 2.45) is 11.3 Å². The second kappa shape index (κ2) is 20.7. The number of amides is 1. The smallest absolute Gasteiger partial charge is 0.268 e. The molecule has 5 heterocycles. The number of halogens is 1. The number of benzene rings is 4. The molecule has 0 unspecified atom stereocenters. The summed E-state index contributed by atoms with van der Waals surface area (Å²) in [7, 11) is -3.00. The minimum absolute atomic E-state index is 0.0447. The molecule has 2 aliphatic carbocycles. The van der Waals surface area contributed by atoms with Crippen molar-refractivity contribution in [1.29, 1.82) is 0 Å². The number of fused-ring (bicyclic) bond motifs is 2. The molecule has 402 valence electrons. The number of nitrogens with zero attached hydrogens (tertiary/aromatic N) is 4. The highest BCUT2D eigenvalue weighted by Crippen LogP contribution is 2.54. The fraction of sp³-hybridized carbons (Fsp3) is 0.448. The first-order chi connectivity index (χ1) is 36.5. The lowest BCUT2D eigenvalue weighted by molar-refractivity contribution is -0.0628. The normalized spacial score (nSPS) is 22.0. The van der Waals surface area contributed by atoms with Crippen LogP contribution in [0.1, 0.15) is 111 Å². The summed E-state index contributed by atoms with van der Waals surface area (Å²) in [6.45, 7) is 11.6. The molecule has 4 fully saturated rings. The molecular formula is C58H69FN8O8S. The number of aromatic nitrogens is 2. The Balaban J connectivity index is 0.802. The van der Waals surface area contributed by atoms with E-state index in [1.165, 1.54) is 35.0 Å². The van der Waals surface area contributed by atoms with Crippen molar-refractivity contribution in [1.82, 2.24) is 24.5 Å². The number of aromatic amines is 1. The van der Waals surface area contributed by atoms with E-state index in [1.54, 1.807) is 19.4 Å². The lowest BCUT2D eigenvalue weighted by atomic mass is 9.59. The van der Waals surface area contributed by atoms with Crippen LogP contribution in [0.15, 0.2) is 96.2 Å². The van der Waals surface area contributed by atoms with Crippen molar-refractivity contribution in [2.75, 3.05) is 69.1 Å². The molecule has 5 aliphatic rings. The Kier molecular flexibility index (Phi) is 14.1. The predicted molar refractivity (Wildman–Crippen MR) is 290 cm³/mol. The monoisotopic (exact) mass is 1060 g/mol. The molecule has 1 spiro atoms. The number of sulfonamides is 1. The summed E-state index contributed by atoms with van der Waals surface area (Å²) in [5, 5.41) is 14.5. The summed E-state index contributed by atoms with van der Waals surface area (Å²) in [5.74, 6) is -0.0620. The number of anilines is 3. The Bertz CT molecular complexity index is 3220. The second-order valence-electron chi connectivity index (χ2n) is 22.3. The Labute approximate surface area is 444 Å². The van der Waals surface area contributed by atoms with E-state index in [0.29, 0.717) is 55.8 Å². The maximum atomic E-state index is 16.7. The van der Waals surface area contributed by atoms with Crippen LogP contribution in [-0.2, 0) is 16.6 Å². The summed E-state index contributed by atoms with van der Waals surface area (Å²) < 4.78 is 70.5. The van der Waals surface area contributed by atoms with Crippen molar-refractivity contribution in [3.8, 4) is 28.7 Å². The summed E-state index contributed by atoms with van der Waals surface area (Å²) in [6.07, 6.45) is 10.1. The van der Waals surface area contributed by atoms with E-state index in [-0.39, 0.29) is 64.1 Å². The number of aliphatic hydroxyl groups is 1. The average Bonchev–Trinajstić information content (AvgIpc) is 4.12. The number of piperazine rings is 1. The summed E-state index contributed by atoms with van der Waals surface area (Å²) in [5.41, 5.74) is 11.0. The van der Waals surface area contributed by atoms with Gasteiger partial charge in [-0.3, -0.25) is 14.6 Å². The molecule has 0 bridgehead atoms. The minimum atomic E-state index is -4.70. The molecule has 6 N–H and O–H groups in total. The molecule has 2 saturated heterocycles. The minimum Gasteiger partial charge on any atom is -0.497 e. The van der Waals surface area contributed by atoms with Crippen LogP contribution < -0.4 is 39.6 Å². The third-order valence-electron chi connectivity index (χ3n) is 16.8. The first kappa shape index (κ1) is 51.5. The zero-order valence-corrected chi connectivity index (χ0v) is 44.6. The Morgan fingerprint density at radius 2 is 1.71 bits per heavy atom. The molecular weight excluding hydrogens is 988 g/mol. The number of nitrogen functional groups attached to an aromatic ring is 1. The maximum Gasteiger partial charge on any atom is 0.268 e. The van der Waals surface area contributed by atoms with Crippen LogP contribution in [0.3, 0.4) is 0 Å². The van der Waals surface area contributed by atoms with Gasteiger partial charge in [0, 0.05) is 75.5 Å². The number of nitrogens with one attached hydrogen (secondary N) is 3. The number of H-pyrrole nitrogens is 1. The standard InChI is InChI=1S/C58H69FN8O8S/c1-36(2)43-7-5-6-8-44(43)49-34-65(33-38-9-11-41(72-4)12-10-38)23-24-67(49)40-29-58(30-40)18-21-66(22-19-58)48-28-50(75-42-25-39-15-20-61-55(39)63-32-42)45(26-46(48)59)56(68)64-76(70,71)51-27-47(60)52(54-53(51)73-35-74-54)62-31-37-13-16-57(3,69)17-14-37/h5-12,15,20,25-28,32,36-37,40,49,62,69H,13-14,16-19,21-24,29-31,33-35,60H2,1-4H3,(H,61,63)(H,64,68)/t37?,49-,57?/m0/s1. The molecule has 6 aromatic rings. The van der Waals surface area contributed by atoms with Crippen LogP contribution in [0.2, 0.25) is 0 Å². The van der Waals surface area contributed by atoms with Gasteiger partial charge in [-0.05, 0) is 129 Å². The number of rotatable bonds is 15. The third-order valence-corrected chi connectivity index (χ3v) is 18.2. The molecule has 2 aromatic heterocycles. The first-order valence-electron chi connectivity index (χ1n) is 26.7. The number of carbonyl (C=O) groups excluding carboxylic acids is 1. The van der Waals surface area contributed by atoms with Gasteiger partial charge in [0.2, 0.25) is 6.79 Å². The van der Waals surface area contributed by atoms with Gasteiger partial charge in [0.15, 0.2) is 11.5 Å². The number of methoxy groups -OCH3 is 1.